The number of hydrogen-bond acceptors (Lipinski definition) is 6. The molecule has 0 bridgehead atoms. The van der Waals surface area contributed by atoms with Gasteiger partial charge in [-0.25, -0.2) is 4.98 Å². The average Bonchev–Trinajstić information content (AvgIpc) is 2.81. The van der Waals surface area contributed by atoms with Crippen LogP contribution >= 0.6 is 11.3 Å². The van der Waals surface area contributed by atoms with Gasteiger partial charge in [0.1, 0.15) is 0 Å². The molecule has 0 aromatic carbocycles. The van der Waals surface area contributed by atoms with E-state index in [-0.39, 0.29) is 11.7 Å². The maximum Gasteiger partial charge on any atom is 0.259 e. The Kier molecular flexibility index (Phi) is 4.34. The number of aryl methyl sites for hydroxylation is 1. The topological polar surface area (TPSA) is 58.9 Å². The molecule has 21 heavy (non-hydrogen) atoms. The molecule has 3 heterocycles. The van der Waals surface area contributed by atoms with Crippen LogP contribution in [0.15, 0.2) is 16.2 Å². The lowest BCUT2D eigenvalue weighted by Crippen LogP contribution is -2.45. The van der Waals surface area contributed by atoms with E-state index in [1.165, 1.54) is 11.3 Å². The molecule has 0 amide bonds. The van der Waals surface area contributed by atoms with Gasteiger partial charge in [-0.3, -0.25) is 14.1 Å². The Labute approximate surface area is 127 Å². The van der Waals surface area contributed by atoms with E-state index < -0.39 is 0 Å². The molecule has 1 saturated heterocycles. The van der Waals surface area contributed by atoms with E-state index in [0.717, 1.165) is 42.6 Å². The molecule has 1 aliphatic heterocycles. The van der Waals surface area contributed by atoms with Crippen molar-refractivity contribution in [3.63, 3.8) is 0 Å². The second kappa shape index (κ2) is 6.23. The Morgan fingerprint density at radius 3 is 3.24 bits per heavy atom. The lowest BCUT2D eigenvalue weighted by atomic mass is 10.2. The van der Waals surface area contributed by atoms with Crippen LogP contribution in [0, 0.1) is 6.92 Å². The summed E-state index contributed by atoms with van der Waals surface area (Å²) in [5.74, 6) is 0. The highest BCUT2D eigenvalue weighted by atomic mass is 32.1. The van der Waals surface area contributed by atoms with Gasteiger partial charge in [-0.05, 0) is 14.0 Å². The lowest BCUT2D eigenvalue weighted by Gasteiger charge is -2.32. The summed E-state index contributed by atoms with van der Waals surface area (Å²) >= 11 is 1.51. The number of morpholine rings is 1. The quantitative estimate of drug-likeness (QED) is 0.890. The SMILES string of the molecule is CNCC1CN(Cc2cc(=O)n3c(C)csc3n2)CCO1. The van der Waals surface area contributed by atoms with Crippen molar-refractivity contribution in [2.24, 2.45) is 0 Å². The molecule has 7 heteroatoms. The highest BCUT2D eigenvalue weighted by Crippen LogP contribution is 2.13. The van der Waals surface area contributed by atoms with E-state index in [4.69, 9.17) is 4.74 Å². The minimum absolute atomic E-state index is 0.00813. The number of nitrogens with one attached hydrogen (secondary N) is 1. The first kappa shape index (κ1) is 14.6. The summed E-state index contributed by atoms with van der Waals surface area (Å²) in [6.07, 6.45) is 0.206. The third-order valence-corrected chi connectivity index (χ3v) is 4.61. The van der Waals surface area contributed by atoms with Gasteiger partial charge in [0.05, 0.1) is 18.4 Å². The maximum absolute atomic E-state index is 12.2. The van der Waals surface area contributed by atoms with Crippen molar-refractivity contribution >= 4 is 16.3 Å². The van der Waals surface area contributed by atoms with Crippen LogP contribution in [0.5, 0.6) is 0 Å². The number of likely N-dealkylation sites (N-methyl/N-ethyl adjacent to an activating group) is 1. The van der Waals surface area contributed by atoms with Gasteiger partial charge in [-0.2, -0.15) is 0 Å². The van der Waals surface area contributed by atoms with Gasteiger partial charge in [0.15, 0.2) is 4.96 Å². The molecule has 2 aromatic heterocycles. The number of fused-ring (bicyclic) bond motifs is 1. The van der Waals surface area contributed by atoms with Crippen LogP contribution in [-0.2, 0) is 11.3 Å². The molecule has 1 fully saturated rings. The Morgan fingerprint density at radius 1 is 1.57 bits per heavy atom. The van der Waals surface area contributed by atoms with Crippen molar-refractivity contribution < 1.29 is 4.74 Å². The summed E-state index contributed by atoms with van der Waals surface area (Å²) < 4.78 is 7.36. The third-order valence-electron chi connectivity index (χ3n) is 3.67. The zero-order valence-electron chi connectivity index (χ0n) is 12.3. The first-order valence-electron chi connectivity index (χ1n) is 7.12. The summed E-state index contributed by atoms with van der Waals surface area (Å²) in [6, 6.07) is 1.65. The van der Waals surface area contributed by atoms with Crippen LogP contribution in [0.2, 0.25) is 0 Å². The Bertz CT molecular complexity index is 679. The van der Waals surface area contributed by atoms with Crippen molar-refractivity contribution in [2.45, 2.75) is 19.6 Å². The minimum atomic E-state index is 0.00813. The predicted molar refractivity (Wildman–Crippen MR) is 83.0 cm³/mol. The van der Waals surface area contributed by atoms with Crippen LogP contribution in [0.1, 0.15) is 11.4 Å². The highest BCUT2D eigenvalue weighted by molar-refractivity contribution is 7.15. The molecule has 6 nitrogen and oxygen atoms in total. The smallest absolute Gasteiger partial charge is 0.259 e. The largest absolute Gasteiger partial charge is 0.374 e. The van der Waals surface area contributed by atoms with Gasteiger partial charge in [-0.15, -0.1) is 11.3 Å². The zero-order chi connectivity index (χ0) is 14.8. The van der Waals surface area contributed by atoms with Crippen molar-refractivity contribution in [2.75, 3.05) is 33.3 Å². The molecule has 1 aliphatic rings. The Morgan fingerprint density at radius 2 is 2.43 bits per heavy atom. The molecule has 114 valence electrons. The molecular weight excluding hydrogens is 288 g/mol. The van der Waals surface area contributed by atoms with Crippen LogP contribution in [0.3, 0.4) is 0 Å². The van der Waals surface area contributed by atoms with Crippen LogP contribution in [0.4, 0.5) is 0 Å². The van der Waals surface area contributed by atoms with E-state index in [1.807, 2.05) is 19.4 Å². The fourth-order valence-electron chi connectivity index (χ4n) is 2.69. The first-order valence-corrected chi connectivity index (χ1v) is 8.00. The molecule has 0 spiro atoms. The summed E-state index contributed by atoms with van der Waals surface area (Å²) in [4.78, 5) is 19.8. The maximum atomic E-state index is 12.2. The van der Waals surface area contributed by atoms with Gasteiger partial charge in [0, 0.05) is 43.3 Å². The summed E-state index contributed by atoms with van der Waals surface area (Å²) in [5, 5.41) is 5.10. The average molecular weight is 308 g/mol. The van der Waals surface area contributed by atoms with Gasteiger partial charge in [-0.1, -0.05) is 0 Å². The zero-order valence-corrected chi connectivity index (χ0v) is 13.2. The molecular formula is C14H20N4O2S. The van der Waals surface area contributed by atoms with Gasteiger partial charge in [0.2, 0.25) is 0 Å². The summed E-state index contributed by atoms with van der Waals surface area (Å²) in [5.41, 5.74) is 1.79. The summed E-state index contributed by atoms with van der Waals surface area (Å²) in [7, 11) is 1.93. The standard InChI is InChI=1S/C14H20N4O2S/c1-10-9-21-14-16-11(5-13(19)18(10)14)7-17-3-4-20-12(8-17)6-15-2/h5,9,12,15H,3-4,6-8H2,1-2H3. The number of ether oxygens (including phenoxy) is 1. The Hall–Kier alpha value is -1.28. The second-order valence-electron chi connectivity index (χ2n) is 5.37. The van der Waals surface area contributed by atoms with Crippen molar-refractivity contribution in [1.29, 1.82) is 0 Å². The van der Waals surface area contributed by atoms with E-state index in [0.29, 0.717) is 6.54 Å². The summed E-state index contributed by atoms with van der Waals surface area (Å²) in [6.45, 7) is 5.94. The molecule has 0 radical (unpaired) electrons. The van der Waals surface area contributed by atoms with Gasteiger partial charge >= 0.3 is 0 Å². The molecule has 1 N–H and O–H groups in total. The number of thiazole rings is 1. The van der Waals surface area contributed by atoms with E-state index in [1.54, 1.807) is 10.5 Å². The van der Waals surface area contributed by atoms with Crippen molar-refractivity contribution in [1.82, 2.24) is 19.6 Å². The Balaban J connectivity index is 1.77. The molecule has 1 unspecified atom stereocenters. The molecule has 1 atom stereocenters. The van der Waals surface area contributed by atoms with Crippen LogP contribution < -0.4 is 10.9 Å². The van der Waals surface area contributed by atoms with Crippen LogP contribution in [0.25, 0.3) is 4.96 Å². The molecule has 2 aromatic rings. The fourth-order valence-corrected chi connectivity index (χ4v) is 3.58. The van der Waals surface area contributed by atoms with Crippen molar-refractivity contribution in [3.05, 3.63) is 33.2 Å². The van der Waals surface area contributed by atoms with Crippen molar-refractivity contribution in [3.8, 4) is 0 Å². The number of nitrogens with zero attached hydrogens (tertiary/aromatic N) is 3. The van der Waals surface area contributed by atoms with E-state index in [9.17, 15) is 4.79 Å². The number of hydrogen-bond donors (Lipinski definition) is 1. The lowest BCUT2D eigenvalue weighted by molar-refractivity contribution is -0.0294. The normalized spacial score (nSPS) is 20.2. The first-order chi connectivity index (χ1) is 10.2. The van der Waals surface area contributed by atoms with Crippen LogP contribution in [-0.4, -0.2) is 53.7 Å². The molecule has 0 aliphatic carbocycles. The molecule has 3 rings (SSSR count). The number of aromatic nitrogens is 2. The van der Waals surface area contributed by atoms with E-state index in [2.05, 4.69) is 15.2 Å². The minimum Gasteiger partial charge on any atom is -0.374 e. The number of rotatable bonds is 4. The van der Waals surface area contributed by atoms with Gasteiger partial charge < -0.3 is 10.1 Å². The second-order valence-corrected chi connectivity index (χ2v) is 6.20. The monoisotopic (exact) mass is 308 g/mol. The molecule has 0 saturated carbocycles. The fraction of sp³-hybridized carbons (Fsp3) is 0.571. The third kappa shape index (κ3) is 3.16. The van der Waals surface area contributed by atoms with Gasteiger partial charge in [0.25, 0.3) is 5.56 Å². The highest BCUT2D eigenvalue weighted by Gasteiger charge is 2.20. The van der Waals surface area contributed by atoms with E-state index >= 15 is 0 Å². The predicted octanol–water partition coefficient (Wildman–Crippen LogP) is 0.485.